The Labute approximate surface area is 124 Å². The largest absolute Gasteiger partial charge is 0.378 e. The molecule has 0 spiro atoms. The standard InChI is InChI=1S/C13H23N7O/c1-13(3-2-4-13)9-15-10-16-11(19-14)18-12(17-10)20-5-7-21-8-6-20/h2-9,14H2,1H3,(H2,15,16,17,18,19). The number of morpholine rings is 1. The fraction of sp³-hybridized carbons (Fsp3) is 0.769. The number of aromatic nitrogens is 3. The molecule has 2 heterocycles. The first kappa shape index (κ1) is 14.3. The third-order valence-corrected chi connectivity index (χ3v) is 4.28. The molecule has 0 radical (unpaired) electrons. The number of rotatable bonds is 5. The topological polar surface area (TPSA) is 101 Å². The highest BCUT2D eigenvalue weighted by molar-refractivity contribution is 5.43. The van der Waals surface area contributed by atoms with Crippen molar-refractivity contribution in [2.24, 2.45) is 11.3 Å². The summed E-state index contributed by atoms with van der Waals surface area (Å²) in [6.07, 6.45) is 3.82. The van der Waals surface area contributed by atoms with Gasteiger partial charge in [0.1, 0.15) is 0 Å². The smallest absolute Gasteiger partial charge is 0.243 e. The van der Waals surface area contributed by atoms with Gasteiger partial charge in [0.15, 0.2) is 0 Å². The number of hydrazine groups is 1. The van der Waals surface area contributed by atoms with Gasteiger partial charge < -0.3 is 15.0 Å². The molecule has 2 fully saturated rings. The van der Waals surface area contributed by atoms with Gasteiger partial charge in [-0.25, -0.2) is 5.84 Å². The van der Waals surface area contributed by atoms with Gasteiger partial charge in [0.25, 0.3) is 0 Å². The van der Waals surface area contributed by atoms with Crippen molar-refractivity contribution in [1.82, 2.24) is 15.0 Å². The van der Waals surface area contributed by atoms with E-state index in [4.69, 9.17) is 10.6 Å². The molecule has 116 valence electrons. The molecule has 1 aliphatic carbocycles. The molecule has 3 rings (SSSR count). The van der Waals surface area contributed by atoms with Crippen LogP contribution in [0.4, 0.5) is 17.8 Å². The summed E-state index contributed by atoms with van der Waals surface area (Å²) in [5.41, 5.74) is 2.87. The van der Waals surface area contributed by atoms with E-state index < -0.39 is 0 Å². The zero-order chi connectivity index (χ0) is 14.7. The molecule has 1 aromatic rings. The summed E-state index contributed by atoms with van der Waals surface area (Å²) in [6, 6.07) is 0. The first-order chi connectivity index (χ1) is 10.2. The number of nitrogen functional groups attached to an aromatic ring is 1. The van der Waals surface area contributed by atoms with Crippen molar-refractivity contribution < 1.29 is 4.74 Å². The maximum absolute atomic E-state index is 5.46. The third-order valence-electron chi connectivity index (χ3n) is 4.28. The molecule has 0 atom stereocenters. The number of anilines is 3. The first-order valence-electron chi connectivity index (χ1n) is 7.48. The predicted octanol–water partition coefficient (Wildman–Crippen LogP) is 0.596. The van der Waals surface area contributed by atoms with Crippen molar-refractivity contribution in [3.8, 4) is 0 Å². The van der Waals surface area contributed by atoms with E-state index in [1.165, 1.54) is 19.3 Å². The summed E-state index contributed by atoms with van der Waals surface area (Å²) in [5, 5.41) is 3.33. The van der Waals surface area contributed by atoms with Crippen LogP contribution in [-0.4, -0.2) is 47.8 Å². The Hall–Kier alpha value is -1.67. The summed E-state index contributed by atoms with van der Waals surface area (Å²) in [4.78, 5) is 15.2. The van der Waals surface area contributed by atoms with E-state index in [1.54, 1.807) is 0 Å². The van der Waals surface area contributed by atoms with Gasteiger partial charge in [-0.3, -0.25) is 5.43 Å². The number of nitrogens with two attached hydrogens (primary N) is 1. The van der Waals surface area contributed by atoms with Crippen LogP contribution in [0, 0.1) is 5.41 Å². The van der Waals surface area contributed by atoms with E-state index in [0.29, 0.717) is 36.5 Å². The second-order valence-corrected chi connectivity index (χ2v) is 6.04. The second kappa shape index (κ2) is 5.98. The van der Waals surface area contributed by atoms with Gasteiger partial charge in [-0.15, -0.1) is 0 Å². The molecule has 1 saturated carbocycles. The Balaban J connectivity index is 1.72. The fourth-order valence-electron chi connectivity index (χ4n) is 2.66. The van der Waals surface area contributed by atoms with Gasteiger partial charge in [0.2, 0.25) is 17.8 Å². The van der Waals surface area contributed by atoms with Gasteiger partial charge in [-0.05, 0) is 18.3 Å². The van der Waals surface area contributed by atoms with Crippen LogP contribution in [-0.2, 0) is 4.74 Å². The van der Waals surface area contributed by atoms with E-state index in [0.717, 1.165) is 19.6 Å². The number of nitrogens with zero attached hydrogens (tertiary/aromatic N) is 4. The van der Waals surface area contributed by atoms with Crippen LogP contribution in [0.5, 0.6) is 0 Å². The van der Waals surface area contributed by atoms with E-state index in [-0.39, 0.29) is 0 Å². The van der Waals surface area contributed by atoms with Gasteiger partial charge >= 0.3 is 0 Å². The SMILES string of the molecule is CC1(CNc2nc(NN)nc(N3CCOCC3)n2)CCC1. The summed E-state index contributed by atoms with van der Waals surface area (Å²) in [6.45, 7) is 6.12. The van der Waals surface area contributed by atoms with E-state index >= 15 is 0 Å². The fourth-order valence-corrected chi connectivity index (χ4v) is 2.66. The Morgan fingerprint density at radius 1 is 1.19 bits per heavy atom. The van der Waals surface area contributed by atoms with Crippen LogP contribution in [0.1, 0.15) is 26.2 Å². The summed E-state index contributed by atoms with van der Waals surface area (Å²) in [5.74, 6) is 7.06. The Morgan fingerprint density at radius 3 is 2.52 bits per heavy atom. The quantitative estimate of drug-likeness (QED) is 0.536. The molecule has 0 amide bonds. The molecule has 1 saturated heterocycles. The highest BCUT2D eigenvalue weighted by Gasteiger charge is 2.31. The number of hydrogen-bond donors (Lipinski definition) is 3. The molecule has 21 heavy (non-hydrogen) atoms. The normalized spacial score (nSPS) is 20.8. The second-order valence-electron chi connectivity index (χ2n) is 6.04. The van der Waals surface area contributed by atoms with Gasteiger partial charge in [-0.2, -0.15) is 15.0 Å². The van der Waals surface area contributed by atoms with Gasteiger partial charge in [-0.1, -0.05) is 13.3 Å². The molecule has 1 aromatic heterocycles. The number of hydrogen-bond acceptors (Lipinski definition) is 8. The zero-order valence-electron chi connectivity index (χ0n) is 12.4. The van der Waals surface area contributed by atoms with Crippen LogP contribution >= 0.6 is 0 Å². The minimum Gasteiger partial charge on any atom is -0.378 e. The van der Waals surface area contributed by atoms with Crippen molar-refractivity contribution in [3.63, 3.8) is 0 Å². The molecular weight excluding hydrogens is 270 g/mol. The van der Waals surface area contributed by atoms with E-state index in [9.17, 15) is 0 Å². The van der Waals surface area contributed by atoms with Crippen LogP contribution in [0.15, 0.2) is 0 Å². The predicted molar refractivity (Wildman–Crippen MR) is 81.1 cm³/mol. The molecule has 4 N–H and O–H groups in total. The number of ether oxygens (including phenoxy) is 1. The van der Waals surface area contributed by atoms with Crippen molar-refractivity contribution in [2.75, 3.05) is 48.5 Å². The highest BCUT2D eigenvalue weighted by Crippen LogP contribution is 2.40. The van der Waals surface area contributed by atoms with Crippen molar-refractivity contribution in [3.05, 3.63) is 0 Å². The molecule has 0 unspecified atom stereocenters. The van der Waals surface area contributed by atoms with Gasteiger partial charge in [0, 0.05) is 19.6 Å². The van der Waals surface area contributed by atoms with Crippen molar-refractivity contribution in [2.45, 2.75) is 26.2 Å². The molecule has 8 nitrogen and oxygen atoms in total. The van der Waals surface area contributed by atoms with Crippen LogP contribution in [0.3, 0.4) is 0 Å². The molecule has 8 heteroatoms. The minimum absolute atomic E-state index is 0.363. The van der Waals surface area contributed by atoms with E-state index in [2.05, 4.69) is 37.5 Å². The van der Waals surface area contributed by atoms with Crippen molar-refractivity contribution >= 4 is 17.8 Å². The minimum atomic E-state index is 0.363. The lowest BCUT2D eigenvalue weighted by Gasteiger charge is -2.38. The van der Waals surface area contributed by atoms with Crippen LogP contribution in [0.2, 0.25) is 0 Å². The molecule has 2 aliphatic rings. The average molecular weight is 293 g/mol. The van der Waals surface area contributed by atoms with Crippen LogP contribution in [0.25, 0.3) is 0 Å². The zero-order valence-corrected chi connectivity index (χ0v) is 12.4. The number of nitrogens with one attached hydrogen (secondary N) is 2. The first-order valence-corrected chi connectivity index (χ1v) is 7.48. The van der Waals surface area contributed by atoms with Crippen LogP contribution < -0.4 is 21.5 Å². The average Bonchev–Trinajstić information content (AvgIpc) is 2.51. The third kappa shape index (κ3) is 3.33. The Morgan fingerprint density at radius 2 is 1.90 bits per heavy atom. The van der Waals surface area contributed by atoms with Crippen molar-refractivity contribution in [1.29, 1.82) is 0 Å². The Kier molecular flexibility index (Phi) is 4.07. The molecule has 0 bridgehead atoms. The molecule has 0 aromatic carbocycles. The summed E-state index contributed by atoms with van der Waals surface area (Å²) < 4.78 is 5.35. The summed E-state index contributed by atoms with van der Waals surface area (Å²) >= 11 is 0. The lowest BCUT2D eigenvalue weighted by molar-refractivity contribution is 0.122. The lowest BCUT2D eigenvalue weighted by atomic mass is 9.70. The maximum atomic E-state index is 5.46. The monoisotopic (exact) mass is 293 g/mol. The van der Waals surface area contributed by atoms with E-state index in [1.807, 2.05) is 0 Å². The lowest BCUT2D eigenvalue weighted by Crippen LogP contribution is -2.38. The maximum Gasteiger partial charge on any atom is 0.243 e. The highest BCUT2D eigenvalue weighted by atomic mass is 16.5. The Bertz CT molecular complexity index is 485. The molecule has 1 aliphatic heterocycles. The molecular formula is C13H23N7O. The summed E-state index contributed by atoms with van der Waals surface area (Å²) in [7, 11) is 0. The van der Waals surface area contributed by atoms with Gasteiger partial charge in [0.05, 0.1) is 13.2 Å².